The monoisotopic (exact) mass is 1160 g/mol. The van der Waals surface area contributed by atoms with Gasteiger partial charge in [-0.1, -0.05) is 386 Å². The van der Waals surface area contributed by atoms with Crippen LogP contribution < -0.4 is 5.32 Å². The van der Waals surface area contributed by atoms with Gasteiger partial charge in [0.1, 0.15) is 0 Å². The van der Waals surface area contributed by atoms with E-state index in [4.69, 9.17) is 4.74 Å². The highest BCUT2D eigenvalue weighted by Crippen LogP contribution is 2.20. The summed E-state index contributed by atoms with van der Waals surface area (Å²) in [6.45, 7) is 4.99. The Morgan fingerprint density at radius 2 is 0.573 bits per heavy atom. The number of hydrogen-bond acceptors (Lipinski definition) is 5. The van der Waals surface area contributed by atoms with Gasteiger partial charge in [0.2, 0.25) is 5.91 Å². The molecule has 0 aliphatic heterocycles. The lowest BCUT2D eigenvalue weighted by atomic mass is 10.0. The standard InChI is InChI=1S/C76H149NO5/c1-3-5-7-9-11-13-15-17-18-19-20-21-32-35-38-41-45-48-52-56-60-64-68-74(79)73(72-78)77-75(80)69-65-61-57-53-49-46-42-39-36-33-30-28-26-24-22-23-25-27-29-31-34-37-40-43-47-51-55-59-63-67-71-82-76(81)70-66-62-58-54-50-44-16-14-12-10-8-6-4-2/h14,16,73-74,78-79H,3-13,15,17-72H2,1-2H3,(H,77,80)/b16-14-. The van der Waals surface area contributed by atoms with E-state index in [0.717, 1.165) is 44.9 Å². The molecule has 0 aromatic rings. The van der Waals surface area contributed by atoms with Gasteiger partial charge in [-0.15, -0.1) is 0 Å². The molecular formula is C76H149NO5. The maximum Gasteiger partial charge on any atom is 0.305 e. The summed E-state index contributed by atoms with van der Waals surface area (Å²) >= 11 is 0. The number of unbranched alkanes of at least 4 members (excludes halogenated alkanes) is 59. The zero-order chi connectivity index (χ0) is 59.2. The summed E-state index contributed by atoms with van der Waals surface area (Å²) in [6.07, 6.45) is 90.0. The number of nitrogens with one attached hydrogen (secondary N) is 1. The summed E-state index contributed by atoms with van der Waals surface area (Å²) in [4.78, 5) is 24.6. The van der Waals surface area contributed by atoms with Gasteiger partial charge in [0.05, 0.1) is 25.4 Å². The van der Waals surface area contributed by atoms with Gasteiger partial charge in [0.25, 0.3) is 0 Å². The minimum Gasteiger partial charge on any atom is -0.466 e. The van der Waals surface area contributed by atoms with Crippen LogP contribution in [0.15, 0.2) is 12.2 Å². The Bertz CT molecular complexity index is 1240. The third-order valence-corrected chi connectivity index (χ3v) is 18.1. The van der Waals surface area contributed by atoms with Gasteiger partial charge in [-0.25, -0.2) is 0 Å². The fraction of sp³-hybridized carbons (Fsp3) is 0.947. The fourth-order valence-electron chi connectivity index (χ4n) is 12.3. The molecule has 0 aliphatic carbocycles. The molecule has 0 fully saturated rings. The number of carbonyl (C=O) groups excluding carboxylic acids is 2. The summed E-state index contributed by atoms with van der Waals surface area (Å²) < 4.78 is 5.49. The molecular weight excluding hydrogens is 1010 g/mol. The molecule has 0 saturated heterocycles. The van der Waals surface area contributed by atoms with E-state index >= 15 is 0 Å². The SMILES string of the molecule is CCCCCC/C=C\CCCCCCCC(=O)OCCCCCCCCCCCCCCCCCCCCCCCCCCCCCCCCC(=O)NC(CO)C(O)CCCCCCCCCCCCCCCCCCCCCCCC. The summed E-state index contributed by atoms with van der Waals surface area (Å²) in [7, 11) is 0. The van der Waals surface area contributed by atoms with Gasteiger partial charge < -0.3 is 20.3 Å². The lowest BCUT2D eigenvalue weighted by Gasteiger charge is -2.22. The maximum absolute atomic E-state index is 12.6. The molecule has 0 bridgehead atoms. The van der Waals surface area contributed by atoms with Gasteiger partial charge in [-0.2, -0.15) is 0 Å². The first-order chi connectivity index (χ1) is 40.5. The predicted octanol–water partition coefficient (Wildman–Crippen LogP) is 24.7. The summed E-state index contributed by atoms with van der Waals surface area (Å²) in [5.41, 5.74) is 0. The van der Waals surface area contributed by atoms with Crippen molar-refractivity contribution in [1.29, 1.82) is 0 Å². The molecule has 0 saturated carbocycles. The first-order valence-electron chi connectivity index (χ1n) is 37.9. The van der Waals surface area contributed by atoms with Crippen LogP contribution in [-0.2, 0) is 14.3 Å². The number of aliphatic hydroxyl groups is 2. The van der Waals surface area contributed by atoms with E-state index in [0.29, 0.717) is 25.9 Å². The van der Waals surface area contributed by atoms with Crippen LogP contribution in [0.5, 0.6) is 0 Å². The van der Waals surface area contributed by atoms with Crippen molar-refractivity contribution < 1.29 is 24.5 Å². The number of carbonyl (C=O) groups is 2. The summed E-state index contributed by atoms with van der Waals surface area (Å²) in [6, 6.07) is -0.539. The Morgan fingerprint density at radius 3 is 0.878 bits per heavy atom. The first-order valence-corrected chi connectivity index (χ1v) is 37.9. The molecule has 6 heteroatoms. The van der Waals surface area contributed by atoms with Crippen molar-refractivity contribution in [3.05, 3.63) is 12.2 Å². The molecule has 0 radical (unpaired) electrons. The van der Waals surface area contributed by atoms with E-state index in [1.165, 1.54) is 360 Å². The summed E-state index contributed by atoms with van der Waals surface area (Å²) in [5, 5.41) is 23.5. The van der Waals surface area contributed by atoms with Crippen LogP contribution in [0.4, 0.5) is 0 Å². The van der Waals surface area contributed by atoms with E-state index in [1.807, 2.05) is 0 Å². The zero-order valence-corrected chi connectivity index (χ0v) is 56.0. The molecule has 0 aromatic carbocycles. The quantitative estimate of drug-likeness (QED) is 0.0320. The normalized spacial score (nSPS) is 12.5. The van der Waals surface area contributed by atoms with Crippen molar-refractivity contribution in [2.75, 3.05) is 13.2 Å². The smallest absolute Gasteiger partial charge is 0.305 e. The third-order valence-electron chi connectivity index (χ3n) is 18.1. The van der Waals surface area contributed by atoms with Gasteiger partial charge in [-0.05, 0) is 51.4 Å². The van der Waals surface area contributed by atoms with Crippen LogP contribution >= 0.6 is 0 Å². The second kappa shape index (κ2) is 72.1. The highest BCUT2D eigenvalue weighted by molar-refractivity contribution is 5.76. The molecule has 0 aliphatic rings. The second-order valence-corrected chi connectivity index (χ2v) is 26.3. The molecule has 0 heterocycles. The van der Waals surface area contributed by atoms with Gasteiger partial charge in [0.15, 0.2) is 0 Å². The topological polar surface area (TPSA) is 95.9 Å². The molecule has 3 N–H and O–H groups in total. The predicted molar refractivity (Wildman–Crippen MR) is 361 cm³/mol. The van der Waals surface area contributed by atoms with E-state index in [9.17, 15) is 19.8 Å². The number of aliphatic hydroxyl groups excluding tert-OH is 2. The molecule has 0 aromatic heterocycles. The minimum absolute atomic E-state index is 0.0119. The fourth-order valence-corrected chi connectivity index (χ4v) is 12.3. The van der Waals surface area contributed by atoms with Crippen LogP contribution in [0.25, 0.3) is 0 Å². The van der Waals surface area contributed by atoms with Crippen LogP contribution in [-0.4, -0.2) is 47.4 Å². The molecule has 0 rings (SSSR count). The van der Waals surface area contributed by atoms with Crippen molar-refractivity contribution in [3.63, 3.8) is 0 Å². The largest absolute Gasteiger partial charge is 0.466 e. The van der Waals surface area contributed by atoms with Crippen molar-refractivity contribution in [2.45, 2.75) is 450 Å². The van der Waals surface area contributed by atoms with Crippen LogP contribution in [0.3, 0.4) is 0 Å². The minimum atomic E-state index is -0.662. The van der Waals surface area contributed by atoms with Crippen LogP contribution in [0.1, 0.15) is 438 Å². The molecule has 2 unspecified atom stereocenters. The number of amides is 1. The Kier molecular flexibility index (Phi) is 70.8. The van der Waals surface area contributed by atoms with Crippen molar-refractivity contribution in [1.82, 2.24) is 5.32 Å². The molecule has 488 valence electrons. The number of rotatable bonds is 72. The van der Waals surface area contributed by atoms with E-state index in [2.05, 4.69) is 31.3 Å². The maximum atomic E-state index is 12.6. The van der Waals surface area contributed by atoms with Crippen molar-refractivity contribution >= 4 is 11.9 Å². The Balaban J connectivity index is 3.33. The lowest BCUT2D eigenvalue weighted by Crippen LogP contribution is -2.45. The number of ether oxygens (including phenoxy) is 1. The van der Waals surface area contributed by atoms with Crippen molar-refractivity contribution in [2.24, 2.45) is 0 Å². The average Bonchev–Trinajstić information content (AvgIpc) is 3.48. The van der Waals surface area contributed by atoms with E-state index in [1.54, 1.807) is 0 Å². The first kappa shape index (κ1) is 80.6. The molecule has 0 spiro atoms. The van der Waals surface area contributed by atoms with Crippen LogP contribution in [0.2, 0.25) is 0 Å². The highest BCUT2D eigenvalue weighted by Gasteiger charge is 2.20. The number of hydrogen-bond donors (Lipinski definition) is 3. The number of allylic oxidation sites excluding steroid dienone is 2. The van der Waals surface area contributed by atoms with Crippen molar-refractivity contribution in [3.8, 4) is 0 Å². The van der Waals surface area contributed by atoms with E-state index in [-0.39, 0.29) is 18.5 Å². The summed E-state index contributed by atoms with van der Waals surface area (Å²) in [5.74, 6) is -0.0136. The van der Waals surface area contributed by atoms with Gasteiger partial charge in [0, 0.05) is 12.8 Å². The molecule has 2 atom stereocenters. The van der Waals surface area contributed by atoms with Gasteiger partial charge in [-0.3, -0.25) is 9.59 Å². The van der Waals surface area contributed by atoms with Crippen LogP contribution in [0, 0.1) is 0 Å². The molecule has 1 amide bonds. The average molecular weight is 1160 g/mol. The number of esters is 1. The third kappa shape index (κ3) is 67.7. The lowest BCUT2D eigenvalue weighted by molar-refractivity contribution is -0.143. The molecule has 6 nitrogen and oxygen atoms in total. The highest BCUT2D eigenvalue weighted by atomic mass is 16.5. The molecule has 82 heavy (non-hydrogen) atoms. The Hall–Kier alpha value is -1.40. The van der Waals surface area contributed by atoms with Gasteiger partial charge >= 0.3 is 5.97 Å². The van der Waals surface area contributed by atoms with E-state index < -0.39 is 12.1 Å². The Labute approximate surface area is 514 Å². The second-order valence-electron chi connectivity index (χ2n) is 26.3. The zero-order valence-electron chi connectivity index (χ0n) is 56.0. The Morgan fingerprint density at radius 1 is 0.329 bits per heavy atom.